The van der Waals surface area contributed by atoms with E-state index in [2.05, 4.69) is 5.10 Å². The van der Waals surface area contributed by atoms with Gasteiger partial charge in [0.15, 0.2) is 0 Å². The molecule has 0 aliphatic carbocycles. The molecule has 0 N–H and O–H groups in total. The van der Waals surface area contributed by atoms with Crippen LogP contribution in [0, 0.1) is 11.3 Å². The fourth-order valence-corrected chi connectivity index (χ4v) is 1.03. The largest absolute Gasteiger partial charge is 0.287 e. The molecule has 0 amide bonds. The van der Waals surface area contributed by atoms with E-state index >= 15 is 0 Å². The van der Waals surface area contributed by atoms with Gasteiger partial charge < -0.3 is 0 Å². The zero-order valence-electron chi connectivity index (χ0n) is 6.50. The highest BCUT2D eigenvalue weighted by Gasteiger charge is 2.06. The van der Waals surface area contributed by atoms with Gasteiger partial charge in [0.25, 0.3) is 5.56 Å². The Morgan fingerprint density at radius 2 is 2.31 bits per heavy atom. The smallest absolute Gasteiger partial charge is 0.266 e. The standard InChI is InChI=1S/C7H5Cl2N3O/c8-5-4-11-12(3-1-2-10)7(13)6(5)9/h4H,1,3H2. The molecular weight excluding hydrogens is 213 g/mol. The van der Waals surface area contributed by atoms with Gasteiger partial charge in [-0.1, -0.05) is 23.2 Å². The molecule has 1 heterocycles. The summed E-state index contributed by atoms with van der Waals surface area (Å²) in [6.45, 7) is 0.228. The van der Waals surface area contributed by atoms with Gasteiger partial charge in [0.1, 0.15) is 5.02 Å². The van der Waals surface area contributed by atoms with Crippen LogP contribution in [0.5, 0.6) is 0 Å². The molecule has 1 aromatic rings. The lowest BCUT2D eigenvalue weighted by Gasteiger charge is -2.01. The van der Waals surface area contributed by atoms with Crippen LogP contribution < -0.4 is 5.56 Å². The van der Waals surface area contributed by atoms with Gasteiger partial charge in [-0.25, -0.2) is 4.68 Å². The number of hydrogen-bond donors (Lipinski definition) is 0. The summed E-state index contributed by atoms with van der Waals surface area (Å²) in [5.41, 5.74) is -0.468. The normalized spacial score (nSPS) is 9.62. The highest BCUT2D eigenvalue weighted by atomic mass is 35.5. The van der Waals surface area contributed by atoms with E-state index < -0.39 is 5.56 Å². The quantitative estimate of drug-likeness (QED) is 0.754. The second kappa shape index (κ2) is 4.26. The summed E-state index contributed by atoms with van der Waals surface area (Å²) in [6, 6.07) is 1.90. The lowest BCUT2D eigenvalue weighted by molar-refractivity contribution is 0.589. The van der Waals surface area contributed by atoms with E-state index in [1.807, 2.05) is 6.07 Å². The monoisotopic (exact) mass is 217 g/mol. The molecule has 0 saturated heterocycles. The predicted molar refractivity (Wildman–Crippen MR) is 48.7 cm³/mol. The van der Waals surface area contributed by atoms with Gasteiger partial charge in [-0.3, -0.25) is 4.79 Å². The predicted octanol–water partition coefficient (Wildman–Crippen LogP) is 1.46. The summed E-state index contributed by atoms with van der Waals surface area (Å²) in [7, 11) is 0. The molecule has 13 heavy (non-hydrogen) atoms. The van der Waals surface area contributed by atoms with Crippen molar-refractivity contribution in [3.63, 3.8) is 0 Å². The van der Waals surface area contributed by atoms with Crippen LogP contribution >= 0.6 is 23.2 Å². The molecule has 4 nitrogen and oxygen atoms in total. The third kappa shape index (κ3) is 2.20. The second-order valence-electron chi connectivity index (χ2n) is 2.24. The Kier molecular flexibility index (Phi) is 3.29. The summed E-state index contributed by atoms with van der Waals surface area (Å²) in [5, 5.41) is 12.1. The number of halogens is 2. The van der Waals surface area contributed by atoms with E-state index in [4.69, 9.17) is 28.5 Å². The minimum absolute atomic E-state index is 0.0605. The summed E-state index contributed by atoms with van der Waals surface area (Å²) >= 11 is 11.1. The van der Waals surface area contributed by atoms with E-state index in [9.17, 15) is 4.79 Å². The molecular formula is C7H5Cl2N3O. The van der Waals surface area contributed by atoms with E-state index in [1.54, 1.807) is 0 Å². The van der Waals surface area contributed by atoms with Crippen molar-refractivity contribution < 1.29 is 0 Å². The molecule has 0 aliphatic rings. The van der Waals surface area contributed by atoms with E-state index in [0.717, 1.165) is 4.68 Å². The van der Waals surface area contributed by atoms with E-state index in [0.29, 0.717) is 0 Å². The first-order valence-corrected chi connectivity index (χ1v) is 4.20. The number of hydrogen-bond acceptors (Lipinski definition) is 3. The number of aryl methyl sites for hydroxylation is 1. The zero-order chi connectivity index (χ0) is 9.84. The Balaban J connectivity index is 3.06. The van der Waals surface area contributed by atoms with Gasteiger partial charge in [-0.15, -0.1) is 0 Å². The van der Waals surface area contributed by atoms with Gasteiger partial charge in [-0.05, 0) is 0 Å². The molecule has 0 spiro atoms. The van der Waals surface area contributed by atoms with Crippen molar-refractivity contribution in [2.24, 2.45) is 0 Å². The maximum atomic E-state index is 11.3. The van der Waals surface area contributed by atoms with Crippen LogP contribution in [-0.4, -0.2) is 9.78 Å². The fourth-order valence-electron chi connectivity index (χ4n) is 0.760. The molecule has 0 atom stereocenters. The van der Waals surface area contributed by atoms with Crippen molar-refractivity contribution in [1.29, 1.82) is 5.26 Å². The molecule has 0 unspecified atom stereocenters. The minimum Gasteiger partial charge on any atom is -0.266 e. The summed E-state index contributed by atoms with van der Waals surface area (Å²) < 4.78 is 1.11. The van der Waals surface area contributed by atoms with Crippen LogP contribution in [0.25, 0.3) is 0 Å². The number of nitriles is 1. The minimum atomic E-state index is -0.468. The Bertz CT molecular complexity index is 407. The van der Waals surface area contributed by atoms with Crippen LogP contribution in [0.15, 0.2) is 11.0 Å². The van der Waals surface area contributed by atoms with Gasteiger partial charge in [-0.2, -0.15) is 10.4 Å². The van der Waals surface area contributed by atoms with Crippen molar-refractivity contribution in [2.45, 2.75) is 13.0 Å². The first kappa shape index (κ1) is 10.0. The number of rotatable bonds is 2. The van der Waals surface area contributed by atoms with Gasteiger partial charge in [0, 0.05) is 0 Å². The first-order valence-electron chi connectivity index (χ1n) is 3.45. The SMILES string of the molecule is N#CCCn1ncc(Cl)c(Cl)c1=O. The molecule has 1 aromatic heterocycles. The lowest BCUT2D eigenvalue weighted by Crippen LogP contribution is -2.23. The van der Waals surface area contributed by atoms with Crippen LogP contribution in [0.1, 0.15) is 6.42 Å². The maximum Gasteiger partial charge on any atom is 0.287 e. The third-order valence-corrected chi connectivity index (χ3v) is 2.13. The van der Waals surface area contributed by atoms with Crippen LogP contribution in [0.3, 0.4) is 0 Å². The molecule has 0 radical (unpaired) electrons. The molecule has 6 heteroatoms. The van der Waals surface area contributed by atoms with Crippen molar-refractivity contribution in [2.75, 3.05) is 0 Å². The van der Waals surface area contributed by atoms with Gasteiger partial charge >= 0.3 is 0 Å². The Morgan fingerprint density at radius 3 is 2.92 bits per heavy atom. The maximum absolute atomic E-state index is 11.3. The van der Waals surface area contributed by atoms with Gasteiger partial charge in [0.2, 0.25) is 0 Å². The summed E-state index contributed by atoms with van der Waals surface area (Å²) in [4.78, 5) is 11.3. The fraction of sp³-hybridized carbons (Fsp3) is 0.286. The van der Waals surface area contributed by atoms with Crippen LogP contribution in [-0.2, 0) is 6.54 Å². The van der Waals surface area contributed by atoms with Crippen molar-refractivity contribution in [3.8, 4) is 6.07 Å². The zero-order valence-corrected chi connectivity index (χ0v) is 8.01. The Hall–Kier alpha value is -1.05. The Morgan fingerprint density at radius 1 is 1.62 bits per heavy atom. The Labute approximate surface area is 84.3 Å². The topological polar surface area (TPSA) is 58.7 Å². The average molecular weight is 218 g/mol. The van der Waals surface area contributed by atoms with Crippen LogP contribution in [0.4, 0.5) is 0 Å². The summed E-state index contributed by atoms with van der Waals surface area (Å²) in [6.07, 6.45) is 1.49. The van der Waals surface area contributed by atoms with E-state index in [1.165, 1.54) is 6.20 Å². The number of aromatic nitrogens is 2. The number of nitrogens with zero attached hydrogens (tertiary/aromatic N) is 3. The highest BCUT2D eigenvalue weighted by Crippen LogP contribution is 2.14. The lowest BCUT2D eigenvalue weighted by atomic mass is 10.4. The molecule has 0 aliphatic heterocycles. The molecule has 68 valence electrons. The van der Waals surface area contributed by atoms with Crippen LogP contribution in [0.2, 0.25) is 10.0 Å². The van der Waals surface area contributed by atoms with Crippen molar-refractivity contribution in [3.05, 3.63) is 26.6 Å². The molecule has 0 aromatic carbocycles. The summed E-state index contributed by atoms with van der Waals surface area (Å²) in [5.74, 6) is 0. The third-order valence-electron chi connectivity index (χ3n) is 1.38. The molecule has 0 saturated carbocycles. The molecule has 1 rings (SSSR count). The second-order valence-corrected chi connectivity index (χ2v) is 3.03. The van der Waals surface area contributed by atoms with E-state index in [-0.39, 0.29) is 23.0 Å². The highest BCUT2D eigenvalue weighted by molar-refractivity contribution is 6.41. The first-order chi connectivity index (χ1) is 6.16. The van der Waals surface area contributed by atoms with Crippen molar-refractivity contribution in [1.82, 2.24) is 9.78 Å². The molecule has 0 fully saturated rings. The van der Waals surface area contributed by atoms with Gasteiger partial charge in [0.05, 0.1) is 30.3 Å². The molecule has 0 bridgehead atoms. The van der Waals surface area contributed by atoms with Crippen molar-refractivity contribution >= 4 is 23.2 Å². The average Bonchev–Trinajstić information content (AvgIpc) is 2.13.